The second kappa shape index (κ2) is 4.55. The summed E-state index contributed by atoms with van der Waals surface area (Å²) in [4.78, 5) is 8.06. The van der Waals surface area contributed by atoms with Crippen molar-refractivity contribution in [2.45, 2.75) is 25.4 Å². The number of nitrogens with zero attached hydrogens (tertiary/aromatic N) is 2. The molecule has 0 saturated carbocycles. The molecule has 1 atom stereocenters. The van der Waals surface area contributed by atoms with Crippen molar-refractivity contribution in [1.29, 1.82) is 0 Å². The second-order valence-electron chi connectivity index (χ2n) is 3.23. The predicted octanol–water partition coefficient (Wildman–Crippen LogP) is 3.13. The molecule has 76 valence electrons. The summed E-state index contributed by atoms with van der Waals surface area (Å²) in [6.45, 7) is 0.804. The number of halogens is 2. The maximum Gasteiger partial charge on any atom is 0.222 e. The number of hydrogen-bond acceptors (Lipinski definition) is 3. The summed E-state index contributed by atoms with van der Waals surface area (Å²) in [6, 6.07) is 0. The van der Waals surface area contributed by atoms with Crippen LogP contribution in [0.3, 0.4) is 0 Å². The number of ether oxygens (including phenoxy) is 1. The van der Waals surface area contributed by atoms with Gasteiger partial charge in [-0.2, -0.15) is 0 Å². The average molecular weight is 278 g/mol. The van der Waals surface area contributed by atoms with Gasteiger partial charge >= 0.3 is 0 Å². The van der Waals surface area contributed by atoms with E-state index in [-0.39, 0.29) is 11.4 Å². The fourth-order valence-electron chi connectivity index (χ4n) is 1.54. The van der Waals surface area contributed by atoms with Gasteiger partial charge in [0.1, 0.15) is 6.10 Å². The highest BCUT2D eigenvalue weighted by atomic mass is 79.9. The molecule has 0 aromatic carbocycles. The van der Waals surface area contributed by atoms with Crippen molar-refractivity contribution in [3.8, 4) is 0 Å². The maximum atomic E-state index is 5.74. The van der Waals surface area contributed by atoms with E-state index in [1.807, 2.05) is 0 Å². The van der Waals surface area contributed by atoms with Crippen molar-refractivity contribution in [2.75, 3.05) is 6.61 Å². The van der Waals surface area contributed by atoms with E-state index in [1.54, 1.807) is 6.20 Å². The Kier molecular flexibility index (Phi) is 3.36. The first-order valence-electron chi connectivity index (χ1n) is 4.57. The predicted molar refractivity (Wildman–Crippen MR) is 57.3 cm³/mol. The summed E-state index contributed by atoms with van der Waals surface area (Å²) in [6.07, 6.45) is 5.05. The summed E-state index contributed by atoms with van der Waals surface area (Å²) in [7, 11) is 0. The van der Waals surface area contributed by atoms with Gasteiger partial charge in [-0.3, -0.25) is 0 Å². The third-order valence-electron chi connectivity index (χ3n) is 2.23. The Morgan fingerprint density at radius 3 is 3.07 bits per heavy atom. The van der Waals surface area contributed by atoms with E-state index < -0.39 is 0 Å². The van der Waals surface area contributed by atoms with Crippen molar-refractivity contribution in [3.05, 3.63) is 21.6 Å². The zero-order valence-electron chi connectivity index (χ0n) is 7.54. The van der Waals surface area contributed by atoms with Crippen LogP contribution in [0.5, 0.6) is 0 Å². The lowest BCUT2D eigenvalue weighted by atomic mass is 10.1. The molecule has 14 heavy (non-hydrogen) atoms. The Labute approximate surface area is 96.0 Å². The minimum Gasteiger partial charge on any atom is -0.372 e. The van der Waals surface area contributed by atoms with E-state index in [2.05, 4.69) is 25.9 Å². The molecule has 0 N–H and O–H groups in total. The minimum absolute atomic E-state index is 0.0682. The van der Waals surface area contributed by atoms with Crippen LogP contribution in [0.1, 0.15) is 31.1 Å². The van der Waals surface area contributed by atoms with Gasteiger partial charge in [0.05, 0.1) is 10.2 Å². The van der Waals surface area contributed by atoms with Gasteiger partial charge in [-0.1, -0.05) is 0 Å². The number of hydrogen-bond donors (Lipinski definition) is 0. The largest absolute Gasteiger partial charge is 0.372 e. The molecule has 0 radical (unpaired) electrons. The van der Waals surface area contributed by atoms with Crippen LogP contribution in [0.2, 0.25) is 5.28 Å². The SMILES string of the molecule is Clc1ncc(Br)c(C2CCCCO2)n1. The number of aromatic nitrogens is 2. The van der Waals surface area contributed by atoms with Crippen LogP contribution < -0.4 is 0 Å². The first-order valence-corrected chi connectivity index (χ1v) is 5.74. The molecular formula is C9H10BrClN2O. The van der Waals surface area contributed by atoms with Gasteiger partial charge in [-0.25, -0.2) is 9.97 Å². The Morgan fingerprint density at radius 1 is 1.50 bits per heavy atom. The van der Waals surface area contributed by atoms with Gasteiger partial charge in [-0.05, 0) is 46.8 Å². The molecule has 0 bridgehead atoms. The first-order chi connectivity index (χ1) is 6.77. The molecule has 1 fully saturated rings. The molecule has 5 heteroatoms. The zero-order valence-corrected chi connectivity index (χ0v) is 9.88. The van der Waals surface area contributed by atoms with Gasteiger partial charge in [0.25, 0.3) is 0 Å². The van der Waals surface area contributed by atoms with E-state index in [0.717, 1.165) is 29.6 Å². The highest BCUT2D eigenvalue weighted by Gasteiger charge is 2.20. The van der Waals surface area contributed by atoms with Crippen molar-refractivity contribution in [2.24, 2.45) is 0 Å². The first kappa shape index (κ1) is 10.3. The second-order valence-corrected chi connectivity index (χ2v) is 4.42. The lowest BCUT2D eigenvalue weighted by Gasteiger charge is -2.22. The van der Waals surface area contributed by atoms with Gasteiger partial charge < -0.3 is 4.74 Å². The van der Waals surface area contributed by atoms with Crippen LogP contribution in [-0.2, 0) is 4.74 Å². The quantitative estimate of drug-likeness (QED) is 0.740. The number of rotatable bonds is 1. The Morgan fingerprint density at radius 2 is 2.36 bits per heavy atom. The molecule has 0 aliphatic carbocycles. The molecule has 1 aliphatic rings. The maximum absolute atomic E-state index is 5.74. The standard InChI is InChI=1S/C9H10BrClN2O/c10-6-5-12-9(11)13-8(6)7-3-1-2-4-14-7/h5,7H,1-4H2. The summed E-state index contributed by atoms with van der Waals surface area (Å²) >= 11 is 9.14. The van der Waals surface area contributed by atoms with E-state index in [1.165, 1.54) is 6.42 Å². The van der Waals surface area contributed by atoms with E-state index in [0.29, 0.717) is 0 Å². The van der Waals surface area contributed by atoms with Gasteiger partial charge in [0, 0.05) is 12.8 Å². The van der Waals surface area contributed by atoms with Crippen molar-refractivity contribution in [1.82, 2.24) is 9.97 Å². The van der Waals surface area contributed by atoms with Crippen LogP contribution in [0.4, 0.5) is 0 Å². The lowest BCUT2D eigenvalue weighted by molar-refractivity contribution is 0.0118. The van der Waals surface area contributed by atoms with Crippen molar-refractivity contribution in [3.63, 3.8) is 0 Å². The summed E-state index contributed by atoms with van der Waals surface area (Å²) in [5.41, 5.74) is 0.865. The van der Waals surface area contributed by atoms with Crippen molar-refractivity contribution >= 4 is 27.5 Å². The van der Waals surface area contributed by atoms with Crippen LogP contribution in [-0.4, -0.2) is 16.6 Å². The molecule has 0 amide bonds. The lowest BCUT2D eigenvalue weighted by Crippen LogP contribution is -2.13. The monoisotopic (exact) mass is 276 g/mol. The summed E-state index contributed by atoms with van der Waals surface area (Å²) in [5.74, 6) is 0. The van der Waals surface area contributed by atoms with Crippen LogP contribution in [0, 0.1) is 0 Å². The molecule has 2 rings (SSSR count). The molecule has 1 aliphatic heterocycles. The molecule has 0 spiro atoms. The fraction of sp³-hybridized carbons (Fsp3) is 0.556. The topological polar surface area (TPSA) is 35.0 Å². The molecule has 1 aromatic heterocycles. The van der Waals surface area contributed by atoms with Crippen LogP contribution >= 0.6 is 27.5 Å². The minimum atomic E-state index is 0.0682. The van der Waals surface area contributed by atoms with Gasteiger partial charge in [0.15, 0.2) is 0 Å². The van der Waals surface area contributed by atoms with Gasteiger partial charge in [0.2, 0.25) is 5.28 Å². The molecule has 3 nitrogen and oxygen atoms in total. The molecule has 1 saturated heterocycles. The fourth-order valence-corrected chi connectivity index (χ4v) is 2.13. The highest BCUT2D eigenvalue weighted by Crippen LogP contribution is 2.31. The Hall–Kier alpha value is -0.190. The van der Waals surface area contributed by atoms with Crippen molar-refractivity contribution < 1.29 is 4.74 Å². The zero-order chi connectivity index (χ0) is 9.97. The van der Waals surface area contributed by atoms with E-state index >= 15 is 0 Å². The van der Waals surface area contributed by atoms with E-state index in [9.17, 15) is 0 Å². The van der Waals surface area contributed by atoms with Crippen LogP contribution in [0.15, 0.2) is 10.7 Å². The molecule has 1 aromatic rings. The van der Waals surface area contributed by atoms with Crippen LogP contribution in [0.25, 0.3) is 0 Å². The third-order valence-corrected chi connectivity index (χ3v) is 3.02. The molecule has 2 heterocycles. The summed E-state index contributed by atoms with van der Waals surface area (Å²) in [5, 5.41) is 0.275. The van der Waals surface area contributed by atoms with Gasteiger partial charge in [-0.15, -0.1) is 0 Å². The smallest absolute Gasteiger partial charge is 0.222 e. The Balaban J connectivity index is 2.24. The third kappa shape index (κ3) is 2.24. The van der Waals surface area contributed by atoms with E-state index in [4.69, 9.17) is 16.3 Å². The summed E-state index contributed by atoms with van der Waals surface area (Å²) < 4.78 is 6.49. The highest BCUT2D eigenvalue weighted by molar-refractivity contribution is 9.10. The normalized spacial score (nSPS) is 22.3. The average Bonchev–Trinajstić information content (AvgIpc) is 2.23. The molecule has 1 unspecified atom stereocenters. The molecular weight excluding hydrogens is 267 g/mol. The Bertz CT molecular complexity index is 329.